The molecule has 2 atom stereocenters. The van der Waals surface area contributed by atoms with Crippen molar-refractivity contribution in [3.05, 3.63) is 35.4 Å². The van der Waals surface area contributed by atoms with Gasteiger partial charge in [-0.1, -0.05) is 44.5 Å². The lowest BCUT2D eigenvalue weighted by molar-refractivity contribution is 0.411. The van der Waals surface area contributed by atoms with Gasteiger partial charge in [-0.2, -0.15) is 0 Å². The van der Waals surface area contributed by atoms with Gasteiger partial charge in [0.1, 0.15) is 0 Å². The van der Waals surface area contributed by atoms with Gasteiger partial charge in [0.25, 0.3) is 0 Å². The average Bonchev–Trinajstić information content (AvgIpc) is 2.35. The second kappa shape index (κ2) is 7.09. The fourth-order valence-corrected chi connectivity index (χ4v) is 3.18. The Bertz CT molecular complexity index is 381. The van der Waals surface area contributed by atoms with Gasteiger partial charge in [0.05, 0.1) is 0 Å². The van der Waals surface area contributed by atoms with Crippen molar-refractivity contribution in [2.45, 2.75) is 70.8 Å². The first-order chi connectivity index (χ1) is 9.22. The molecule has 19 heavy (non-hydrogen) atoms. The van der Waals surface area contributed by atoms with Gasteiger partial charge in [0.15, 0.2) is 0 Å². The standard InChI is InChI=1S/C18H29N/c1-4-12-19-15(3)13-14(2)17-10-5-6-11-18(17)16-8-7-9-16/h5-6,10-11,14-16,19H,4,7-9,12-13H2,1-3H3. The van der Waals surface area contributed by atoms with Crippen LogP contribution in [0.15, 0.2) is 24.3 Å². The highest BCUT2D eigenvalue weighted by atomic mass is 14.9. The third-order valence-electron chi connectivity index (χ3n) is 4.52. The van der Waals surface area contributed by atoms with Gasteiger partial charge < -0.3 is 5.32 Å². The summed E-state index contributed by atoms with van der Waals surface area (Å²) < 4.78 is 0. The van der Waals surface area contributed by atoms with E-state index in [-0.39, 0.29) is 0 Å². The number of benzene rings is 1. The smallest absolute Gasteiger partial charge is 0.00444 e. The summed E-state index contributed by atoms with van der Waals surface area (Å²) >= 11 is 0. The summed E-state index contributed by atoms with van der Waals surface area (Å²) in [6, 6.07) is 9.75. The first kappa shape index (κ1) is 14.6. The summed E-state index contributed by atoms with van der Waals surface area (Å²) in [5.74, 6) is 1.51. The zero-order valence-electron chi connectivity index (χ0n) is 12.8. The average molecular weight is 259 g/mol. The van der Waals surface area contributed by atoms with Crippen molar-refractivity contribution >= 4 is 0 Å². The van der Waals surface area contributed by atoms with Crippen molar-refractivity contribution in [3.8, 4) is 0 Å². The maximum Gasteiger partial charge on any atom is 0.00444 e. The van der Waals surface area contributed by atoms with Crippen LogP contribution in [0.1, 0.15) is 75.8 Å². The van der Waals surface area contributed by atoms with E-state index in [0.29, 0.717) is 12.0 Å². The first-order valence-electron chi connectivity index (χ1n) is 8.04. The Kier molecular flexibility index (Phi) is 5.45. The number of nitrogens with one attached hydrogen (secondary N) is 1. The molecule has 0 heterocycles. The highest BCUT2D eigenvalue weighted by molar-refractivity contribution is 5.34. The number of rotatable bonds is 7. The Morgan fingerprint density at radius 1 is 1.21 bits per heavy atom. The SMILES string of the molecule is CCCNC(C)CC(C)c1ccccc1C1CCC1. The van der Waals surface area contributed by atoms with Crippen LogP contribution < -0.4 is 5.32 Å². The quantitative estimate of drug-likeness (QED) is 0.739. The van der Waals surface area contributed by atoms with Gasteiger partial charge in [-0.3, -0.25) is 0 Å². The van der Waals surface area contributed by atoms with Crippen molar-refractivity contribution in [1.82, 2.24) is 5.32 Å². The summed E-state index contributed by atoms with van der Waals surface area (Å²) in [5, 5.41) is 3.61. The molecular formula is C18H29N. The van der Waals surface area contributed by atoms with Crippen molar-refractivity contribution in [1.29, 1.82) is 0 Å². The highest BCUT2D eigenvalue weighted by Crippen LogP contribution is 2.40. The minimum atomic E-state index is 0.615. The number of hydrogen-bond acceptors (Lipinski definition) is 1. The van der Waals surface area contributed by atoms with Crippen molar-refractivity contribution in [2.75, 3.05) is 6.54 Å². The summed E-state index contributed by atoms with van der Waals surface area (Å²) in [6.45, 7) is 8.08. The van der Waals surface area contributed by atoms with Gasteiger partial charge in [0, 0.05) is 6.04 Å². The maximum absolute atomic E-state index is 3.61. The molecule has 1 N–H and O–H groups in total. The van der Waals surface area contributed by atoms with Crippen LogP contribution in [0.4, 0.5) is 0 Å². The third kappa shape index (κ3) is 3.82. The molecule has 1 aliphatic carbocycles. The lowest BCUT2D eigenvalue weighted by Crippen LogP contribution is -2.28. The molecule has 0 spiro atoms. The fraction of sp³-hybridized carbons (Fsp3) is 0.667. The van der Waals surface area contributed by atoms with Crippen LogP contribution in [0, 0.1) is 0 Å². The fourth-order valence-electron chi connectivity index (χ4n) is 3.18. The molecule has 0 aliphatic heterocycles. The molecule has 0 saturated heterocycles. The number of hydrogen-bond donors (Lipinski definition) is 1. The summed E-state index contributed by atoms with van der Waals surface area (Å²) in [4.78, 5) is 0. The Labute approximate surface area is 118 Å². The molecule has 1 fully saturated rings. The largest absolute Gasteiger partial charge is 0.314 e. The highest BCUT2D eigenvalue weighted by Gasteiger charge is 2.23. The second-order valence-corrected chi connectivity index (χ2v) is 6.25. The zero-order chi connectivity index (χ0) is 13.7. The summed E-state index contributed by atoms with van der Waals surface area (Å²) in [6.07, 6.45) is 6.67. The van der Waals surface area contributed by atoms with Crippen LogP contribution in [0.2, 0.25) is 0 Å². The Morgan fingerprint density at radius 3 is 2.58 bits per heavy atom. The predicted molar refractivity (Wildman–Crippen MR) is 83.8 cm³/mol. The molecule has 2 rings (SSSR count). The summed E-state index contributed by atoms with van der Waals surface area (Å²) in [7, 11) is 0. The van der Waals surface area contributed by atoms with Crippen LogP contribution in [-0.4, -0.2) is 12.6 Å². The molecule has 0 radical (unpaired) electrons. The van der Waals surface area contributed by atoms with Crippen molar-refractivity contribution in [2.24, 2.45) is 0 Å². The zero-order valence-corrected chi connectivity index (χ0v) is 12.8. The molecule has 0 aromatic heterocycles. The van der Waals surface area contributed by atoms with Crippen LogP contribution in [-0.2, 0) is 0 Å². The molecular weight excluding hydrogens is 230 g/mol. The molecule has 1 saturated carbocycles. The van der Waals surface area contributed by atoms with E-state index in [1.54, 1.807) is 11.1 Å². The maximum atomic E-state index is 3.61. The van der Waals surface area contributed by atoms with Gasteiger partial charge in [-0.05, 0) is 62.1 Å². The Hall–Kier alpha value is -0.820. The Balaban J connectivity index is 1.99. The normalized spacial score (nSPS) is 18.9. The van der Waals surface area contributed by atoms with Crippen LogP contribution in [0.5, 0.6) is 0 Å². The van der Waals surface area contributed by atoms with E-state index < -0.39 is 0 Å². The molecule has 1 aromatic rings. The van der Waals surface area contributed by atoms with E-state index >= 15 is 0 Å². The lowest BCUT2D eigenvalue weighted by atomic mass is 9.75. The molecule has 2 unspecified atom stereocenters. The second-order valence-electron chi connectivity index (χ2n) is 6.25. The van der Waals surface area contributed by atoms with E-state index in [0.717, 1.165) is 12.5 Å². The van der Waals surface area contributed by atoms with Gasteiger partial charge >= 0.3 is 0 Å². The van der Waals surface area contributed by atoms with E-state index in [2.05, 4.69) is 50.4 Å². The van der Waals surface area contributed by atoms with Crippen LogP contribution in [0.25, 0.3) is 0 Å². The molecule has 0 amide bonds. The lowest BCUT2D eigenvalue weighted by Gasteiger charge is -2.30. The molecule has 1 heteroatoms. The third-order valence-corrected chi connectivity index (χ3v) is 4.52. The molecule has 1 aromatic carbocycles. The first-order valence-corrected chi connectivity index (χ1v) is 8.04. The molecule has 0 bridgehead atoms. The van der Waals surface area contributed by atoms with E-state index in [1.165, 1.54) is 32.1 Å². The van der Waals surface area contributed by atoms with Crippen molar-refractivity contribution in [3.63, 3.8) is 0 Å². The van der Waals surface area contributed by atoms with Gasteiger partial charge in [-0.15, -0.1) is 0 Å². The van der Waals surface area contributed by atoms with E-state index in [9.17, 15) is 0 Å². The van der Waals surface area contributed by atoms with Crippen LogP contribution >= 0.6 is 0 Å². The molecule has 106 valence electrons. The predicted octanol–water partition coefficient (Wildman–Crippen LogP) is 4.84. The monoisotopic (exact) mass is 259 g/mol. The van der Waals surface area contributed by atoms with E-state index in [1.807, 2.05) is 0 Å². The molecule has 1 aliphatic rings. The molecule has 1 nitrogen and oxygen atoms in total. The minimum Gasteiger partial charge on any atom is -0.314 e. The van der Waals surface area contributed by atoms with Crippen molar-refractivity contribution < 1.29 is 0 Å². The van der Waals surface area contributed by atoms with Gasteiger partial charge in [0.2, 0.25) is 0 Å². The minimum absolute atomic E-state index is 0.615. The van der Waals surface area contributed by atoms with Gasteiger partial charge in [-0.25, -0.2) is 0 Å². The summed E-state index contributed by atoms with van der Waals surface area (Å²) in [5.41, 5.74) is 3.22. The van der Waals surface area contributed by atoms with E-state index in [4.69, 9.17) is 0 Å². The Morgan fingerprint density at radius 2 is 1.95 bits per heavy atom. The van der Waals surface area contributed by atoms with Crippen LogP contribution in [0.3, 0.4) is 0 Å². The topological polar surface area (TPSA) is 12.0 Å².